The molecule has 0 saturated carbocycles. The van der Waals surface area contributed by atoms with E-state index in [-0.39, 0.29) is 6.04 Å². The highest BCUT2D eigenvalue weighted by Crippen LogP contribution is 2.09. The zero-order valence-electron chi connectivity index (χ0n) is 8.80. The van der Waals surface area contributed by atoms with E-state index in [1.807, 2.05) is 0 Å². The number of nitrogens with zero attached hydrogens (tertiary/aromatic N) is 1. The van der Waals surface area contributed by atoms with E-state index in [2.05, 4.69) is 15.6 Å². The van der Waals surface area contributed by atoms with E-state index in [0.717, 1.165) is 5.56 Å². The molecule has 0 aromatic carbocycles. The van der Waals surface area contributed by atoms with Gasteiger partial charge in [-0.25, -0.2) is 4.79 Å². The van der Waals surface area contributed by atoms with Crippen LogP contribution in [0.25, 0.3) is 0 Å². The van der Waals surface area contributed by atoms with Crippen LogP contribution < -0.4 is 10.6 Å². The fourth-order valence-electron chi connectivity index (χ4n) is 1.14. The van der Waals surface area contributed by atoms with Gasteiger partial charge >= 0.3 is 12.0 Å². The molecule has 2 amide bonds. The molecule has 86 valence electrons. The van der Waals surface area contributed by atoms with E-state index >= 15 is 0 Å². The molecule has 6 heteroatoms. The summed E-state index contributed by atoms with van der Waals surface area (Å²) in [6.45, 7) is 1.41. The van der Waals surface area contributed by atoms with Crippen LogP contribution in [-0.2, 0) is 4.79 Å². The number of urea groups is 1. The molecule has 1 unspecified atom stereocenters. The highest BCUT2D eigenvalue weighted by molar-refractivity contribution is 5.80. The summed E-state index contributed by atoms with van der Waals surface area (Å²) in [4.78, 5) is 25.3. The van der Waals surface area contributed by atoms with Crippen LogP contribution in [-0.4, -0.2) is 28.6 Å². The number of carbonyl (C=O) groups excluding carboxylic acids is 1. The van der Waals surface area contributed by atoms with Gasteiger partial charge < -0.3 is 15.7 Å². The van der Waals surface area contributed by atoms with E-state index in [1.165, 1.54) is 0 Å². The number of carboxylic acid groups (broad SMARTS) is 1. The maximum Gasteiger partial charge on any atom is 0.323 e. The molecule has 0 aliphatic carbocycles. The highest BCUT2D eigenvalue weighted by atomic mass is 16.4. The molecule has 1 aromatic heterocycles. The molecule has 0 aliphatic heterocycles. The third-order valence-electron chi connectivity index (χ3n) is 1.95. The molecule has 0 saturated heterocycles. The maximum atomic E-state index is 11.2. The van der Waals surface area contributed by atoms with Crippen molar-refractivity contribution in [2.75, 3.05) is 6.54 Å². The van der Waals surface area contributed by atoms with Gasteiger partial charge in [0.15, 0.2) is 0 Å². The first-order valence-electron chi connectivity index (χ1n) is 4.75. The van der Waals surface area contributed by atoms with Crippen LogP contribution in [0.1, 0.15) is 18.5 Å². The Labute approximate surface area is 92.7 Å². The first-order chi connectivity index (χ1) is 7.59. The lowest BCUT2D eigenvalue weighted by molar-refractivity contribution is -0.135. The molecule has 6 nitrogen and oxygen atoms in total. The van der Waals surface area contributed by atoms with Crippen LogP contribution in [0.3, 0.4) is 0 Å². The number of hydrogen-bond donors (Lipinski definition) is 3. The maximum absolute atomic E-state index is 11.2. The number of pyridine rings is 1. The number of carbonyl (C=O) groups is 2. The summed E-state index contributed by atoms with van der Waals surface area (Å²) in [6, 6.07) is 2.85. The smallest absolute Gasteiger partial charge is 0.323 e. The number of rotatable bonds is 4. The van der Waals surface area contributed by atoms with E-state index in [0.29, 0.717) is 0 Å². The molecule has 1 heterocycles. The van der Waals surface area contributed by atoms with Gasteiger partial charge in [-0.3, -0.25) is 9.78 Å². The van der Waals surface area contributed by atoms with Crippen molar-refractivity contribution in [3.63, 3.8) is 0 Å². The topological polar surface area (TPSA) is 91.3 Å². The van der Waals surface area contributed by atoms with Gasteiger partial charge in [0.2, 0.25) is 0 Å². The molecule has 1 atom stereocenters. The molecule has 1 aromatic rings. The summed E-state index contributed by atoms with van der Waals surface area (Å²) in [5.41, 5.74) is 0.903. The van der Waals surface area contributed by atoms with Crippen LogP contribution in [0.15, 0.2) is 24.5 Å². The van der Waals surface area contributed by atoms with Crippen molar-refractivity contribution < 1.29 is 14.7 Å². The number of nitrogens with one attached hydrogen (secondary N) is 2. The molecule has 16 heavy (non-hydrogen) atoms. The Morgan fingerprint density at radius 1 is 1.44 bits per heavy atom. The van der Waals surface area contributed by atoms with Crippen molar-refractivity contribution in [2.24, 2.45) is 0 Å². The number of carboxylic acids is 1. The third kappa shape index (κ3) is 3.95. The number of aliphatic carboxylic acids is 1. The number of hydrogen-bond acceptors (Lipinski definition) is 3. The van der Waals surface area contributed by atoms with Crippen LogP contribution >= 0.6 is 0 Å². The van der Waals surface area contributed by atoms with Crippen molar-refractivity contribution >= 4 is 12.0 Å². The summed E-state index contributed by atoms with van der Waals surface area (Å²) >= 11 is 0. The highest BCUT2D eigenvalue weighted by Gasteiger charge is 2.09. The normalized spacial score (nSPS) is 11.6. The standard InChI is InChI=1S/C10H13N3O3/c1-7(8-2-4-11-5-3-8)13-10(16)12-6-9(14)15/h2-5,7H,6H2,1H3,(H,14,15)(H2,12,13,16). The predicted octanol–water partition coefficient (Wildman–Crippen LogP) is 0.526. The summed E-state index contributed by atoms with van der Waals surface area (Å²) < 4.78 is 0. The lowest BCUT2D eigenvalue weighted by atomic mass is 10.1. The zero-order valence-corrected chi connectivity index (χ0v) is 8.80. The minimum atomic E-state index is -1.08. The Bertz CT molecular complexity index is 367. The van der Waals surface area contributed by atoms with Gasteiger partial charge in [0.05, 0.1) is 6.04 Å². The molecule has 0 bridgehead atoms. The van der Waals surface area contributed by atoms with Gasteiger partial charge in [0.1, 0.15) is 6.54 Å². The Hall–Kier alpha value is -2.11. The van der Waals surface area contributed by atoms with Gasteiger partial charge in [-0.05, 0) is 24.6 Å². The van der Waals surface area contributed by atoms with Gasteiger partial charge in [-0.2, -0.15) is 0 Å². The minimum absolute atomic E-state index is 0.197. The van der Waals surface area contributed by atoms with Crippen molar-refractivity contribution in [1.29, 1.82) is 0 Å². The summed E-state index contributed by atoms with van der Waals surface area (Å²) in [5.74, 6) is -1.08. The first-order valence-corrected chi connectivity index (χ1v) is 4.75. The molecule has 0 spiro atoms. The van der Waals surface area contributed by atoms with Gasteiger partial charge in [-0.15, -0.1) is 0 Å². The van der Waals surface area contributed by atoms with Crippen molar-refractivity contribution in [3.05, 3.63) is 30.1 Å². The molecular formula is C10H13N3O3. The fraction of sp³-hybridized carbons (Fsp3) is 0.300. The van der Waals surface area contributed by atoms with E-state index in [9.17, 15) is 9.59 Å². The molecule has 1 rings (SSSR count). The van der Waals surface area contributed by atoms with E-state index in [1.54, 1.807) is 31.5 Å². The number of amides is 2. The molecule has 0 radical (unpaired) electrons. The average molecular weight is 223 g/mol. The quantitative estimate of drug-likeness (QED) is 0.694. The van der Waals surface area contributed by atoms with Crippen LogP contribution in [0.4, 0.5) is 4.79 Å². The average Bonchev–Trinajstić information content (AvgIpc) is 2.27. The second-order valence-corrected chi connectivity index (χ2v) is 3.22. The first kappa shape index (κ1) is 12.0. The lowest BCUT2D eigenvalue weighted by Gasteiger charge is -2.13. The lowest BCUT2D eigenvalue weighted by Crippen LogP contribution is -2.39. The van der Waals surface area contributed by atoms with Crippen molar-refractivity contribution in [2.45, 2.75) is 13.0 Å². The molecule has 0 fully saturated rings. The van der Waals surface area contributed by atoms with E-state index in [4.69, 9.17) is 5.11 Å². The zero-order chi connectivity index (χ0) is 12.0. The predicted molar refractivity (Wildman–Crippen MR) is 56.8 cm³/mol. The van der Waals surface area contributed by atoms with Crippen LogP contribution in [0.5, 0.6) is 0 Å². The molecule has 0 aliphatic rings. The monoisotopic (exact) mass is 223 g/mol. The number of aromatic nitrogens is 1. The molecular weight excluding hydrogens is 210 g/mol. The Morgan fingerprint density at radius 3 is 2.62 bits per heavy atom. The Balaban J connectivity index is 2.43. The SMILES string of the molecule is CC(NC(=O)NCC(=O)O)c1ccncc1. The summed E-state index contributed by atoms with van der Waals surface area (Å²) in [5, 5.41) is 13.2. The van der Waals surface area contributed by atoms with Gasteiger partial charge in [-0.1, -0.05) is 0 Å². The summed E-state index contributed by atoms with van der Waals surface area (Å²) in [7, 11) is 0. The molecule has 3 N–H and O–H groups in total. The largest absolute Gasteiger partial charge is 0.480 e. The van der Waals surface area contributed by atoms with Crippen molar-refractivity contribution in [3.8, 4) is 0 Å². The second kappa shape index (κ2) is 5.69. The van der Waals surface area contributed by atoms with Crippen LogP contribution in [0, 0.1) is 0 Å². The Morgan fingerprint density at radius 2 is 2.06 bits per heavy atom. The van der Waals surface area contributed by atoms with Gasteiger partial charge in [0.25, 0.3) is 0 Å². The van der Waals surface area contributed by atoms with E-state index < -0.39 is 18.5 Å². The Kier molecular flexibility index (Phi) is 4.26. The van der Waals surface area contributed by atoms with Crippen LogP contribution in [0.2, 0.25) is 0 Å². The minimum Gasteiger partial charge on any atom is -0.480 e. The third-order valence-corrected chi connectivity index (χ3v) is 1.95. The second-order valence-electron chi connectivity index (χ2n) is 3.22. The van der Waals surface area contributed by atoms with Crippen molar-refractivity contribution in [1.82, 2.24) is 15.6 Å². The fourth-order valence-corrected chi connectivity index (χ4v) is 1.14. The summed E-state index contributed by atoms with van der Waals surface area (Å²) in [6.07, 6.45) is 3.26. The van der Waals surface area contributed by atoms with Gasteiger partial charge in [0, 0.05) is 12.4 Å².